The average molecular weight is 366 g/mol. The Morgan fingerprint density at radius 3 is 2.52 bits per heavy atom. The number of sulfonamides is 1. The summed E-state index contributed by atoms with van der Waals surface area (Å²) in [6.07, 6.45) is 4.04. The van der Waals surface area contributed by atoms with Crippen LogP contribution < -0.4 is 15.4 Å². The molecule has 8 heteroatoms. The molecule has 7 nitrogen and oxygen atoms in total. The normalized spacial score (nSPS) is 26.0. The molecular weight excluding hydrogens is 340 g/mol. The Balaban J connectivity index is 1.50. The minimum atomic E-state index is -3.24. The van der Waals surface area contributed by atoms with Crippen molar-refractivity contribution >= 4 is 16.0 Å². The van der Waals surface area contributed by atoms with Crippen LogP contribution in [0, 0.1) is 0 Å². The van der Waals surface area contributed by atoms with Crippen LogP contribution in [-0.4, -0.2) is 46.7 Å². The van der Waals surface area contributed by atoms with Crippen LogP contribution >= 0.6 is 0 Å². The van der Waals surface area contributed by atoms with E-state index in [2.05, 4.69) is 20.3 Å². The molecule has 2 heterocycles. The summed E-state index contributed by atoms with van der Waals surface area (Å²) in [5.74, 6) is 0.757. The van der Waals surface area contributed by atoms with E-state index < -0.39 is 10.0 Å². The molecule has 25 heavy (non-hydrogen) atoms. The molecule has 1 aromatic rings. The molecule has 3 unspecified atom stereocenters. The molecule has 0 saturated carbocycles. The lowest BCUT2D eigenvalue weighted by atomic mass is 9.96. The second kappa shape index (κ2) is 7.72. The van der Waals surface area contributed by atoms with E-state index in [1.165, 1.54) is 13.5 Å². The predicted octanol–water partition coefficient (Wildman–Crippen LogP) is 0.721. The first-order chi connectivity index (χ1) is 12.0. The Hall–Kier alpha value is -1.64. The predicted molar refractivity (Wildman–Crippen MR) is 97.8 cm³/mol. The number of benzene rings is 1. The monoisotopic (exact) mass is 366 g/mol. The number of hydrogen-bond donors (Lipinski definition) is 3. The van der Waals surface area contributed by atoms with Crippen LogP contribution in [0.1, 0.15) is 30.4 Å². The Bertz CT molecular complexity index is 718. The topological polar surface area (TPSA) is 91.8 Å². The molecule has 0 aliphatic carbocycles. The molecule has 2 aliphatic heterocycles. The van der Waals surface area contributed by atoms with Crippen LogP contribution in [0.2, 0.25) is 0 Å². The Morgan fingerprint density at radius 1 is 1.24 bits per heavy atom. The van der Waals surface area contributed by atoms with Gasteiger partial charge in [0.15, 0.2) is 5.96 Å². The second-order valence-corrected chi connectivity index (χ2v) is 8.49. The molecule has 0 spiro atoms. The summed E-state index contributed by atoms with van der Waals surface area (Å²) >= 11 is 0. The van der Waals surface area contributed by atoms with E-state index in [-0.39, 0.29) is 5.75 Å². The number of rotatable bonds is 6. The SMILES string of the molecule is CN=C(NCc1ccc(CS(=O)(=O)NC)cc1)NC1CC2CCC1O2. The van der Waals surface area contributed by atoms with E-state index in [0.29, 0.717) is 24.8 Å². The van der Waals surface area contributed by atoms with Crippen molar-refractivity contribution in [3.63, 3.8) is 0 Å². The smallest absolute Gasteiger partial charge is 0.215 e. The Morgan fingerprint density at radius 2 is 1.96 bits per heavy atom. The number of aliphatic imine (C=N–C) groups is 1. The molecule has 138 valence electrons. The van der Waals surface area contributed by atoms with Crippen molar-refractivity contribution in [1.29, 1.82) is 0 Å². The Kier molecular flexibility index (Phi) is 5.61. The van der Waals surface area contributed by atoms with Crippen molar-refractivity contribution in [2.24, 2.45) is 4.99 Å². The molecule has 0 aromatic heterocycles. The third-order valence-corrected chi connectivity index (χ3v) is 6.14. The largest absolute Gasteiger partial charge is 0.373 e. The molecule has 0 amide bonds. The van der Waals surface area contributed by atoms with Crippen LogP contribution in [-0.2, 0) is 27.1 Å². The van der Waals surface area contributed by atoms with Gasteiger partial charge in [-0.15, -0.1) is 0 Å². The van der Waals surface area contributed by atoms with Gasteiger partial charge in [-0.05, 0) is 37.4 Å². The van der Waals surface area contributed by atoms with Gasteiger partial charge in [0.05, 0.1) is 24.0 Å². The molecule has 2 fully saturated rings. The second-order valence-electron chi connectivity index (χ2n) is 6.57. The number of guanidine groups is 1. The summed E-state index contributed by atoms with van der Waals surface area (Å²) in [6.45, 7) is 0.625. The summed E-state index contributed by atoms with van der Waals surface area (Å²) < 4.78 is 31.3. The van der Waals surface area contributed by atoms with Crippen LogP contribution in [0.15, 0.2) is 29.3 Å². The lowest BCUT2D eigenvalue weighted by molar-refractivity contribution is 0.0992. The molecule has 2 saturated heterocycles. The zero-order valence-corrected chi connectivity index (χ0v) is 15.5. The molecule has 2 bridgehead atoms. The summed E-state index contributed by atoms with van der Waals surface area (Å²) in [5.41, 5.74) is 1.83. The molecule has 3 rings (SSSR count). The van der Waals surface area contributed by atoms with Crippen molar-refractivity contribution in [1.82, 2.24) is 15.4 Å². The third kappa shape index (κ3) is 4.71. The molecule has 2 aliphatic rings. The number of ether oxygens (including phenoxy) is 1. The van der Waals surface area contributed by atoms with Gasteiger partial charge in [0, 0.05) is 13.6 Å². The minimum Gasteiger partial charge on any atom is -0.373 e. The van der Waals surface area contributed by atoms with Gasteiger partial charge in [0.1, 0.15) is 0 Å². The average Bonchev–Trinajstić information content (AvgIpc) is 3.22. The summed E-state index contributed by atoms with van der Waals surface area (Å²) in [7, 11) is -0.0563. The van der Waals surface area contributed by atoms with Crippen LogP contribution in [0.5, 0.6) is 0 Å². The molecule has 0 radical (unpaired) electrons. The van der Waals surface area contributed by atoms with Gasteiger partial charge < -0.3 is 15.4 Å². The summed E-state index contributed by atoms with van der Waals surface area (Å²) in [5, 5.41) is 6.75. The number of fused-ring (bicyclic) bond motifs is 2. The van der Waals surface area contributed by atoms with E-state index in [1.807, 2.05) is 24.3 Å². The van der Waals surface area contributed by atoms with Crippen LogP contribution in [0.25, 0.3) is 0 Å². The standard InChI is InChI=1S/C17H26N4O3S/c1-18-17(21-15-9-14-7-8-16(15)24-14)20-10-12-3-5-13(6-4-12)11-25(22,23)19-2/h3-6,14-16,19H,7-11H2,1-2H3,(H2,18,20,21). The summed E-state index contributed by atoms with van der Waals surface area (Å²) in [4.78, 5) is 4.28. The third-order valence-electron chi connectivity index (χ3n) is 4.80. The van der Waals surface area contributed by atoms with E-state index in [4.69, 9.17) is 4.74 Å². The maximum atomic E-state index is 11.6. The van der Waals surface area contributed by atoms with Gasteiger partial charge in [-0.25, -0.2) is 13.1 Å². The number of nitrogens with one attached hydrogen (secondary N) is 3. The van der Waals surface area contributed by atoms with Gasteiger partial charge in [-0.1, -0.05) is 24.3 Å². The first-order valence-corrected chi connectivity index (χ1v) is 10.3. The van der Waals surface area contributed by atoms with Crippen LogP contribution in [0.4, 0.5) is 0 Å². The van der Waals surface area contributed by atoms with Gasteiger partial charge in [0.25, 0.3) is 0 Å². The lowest BCUT2D eigenvalue weighted by Gasteiger charge is -2.22. The van der Waals surface area contributed by atoms with Gasteiger partial charge in [-0.2, -0.15) is 0 Å². The minimum absolute atomic E-state index is 0.00926. The highest BCUT2D eigenvalue weighted by Crippen LogP contribution is 2.34. The quantitative estimate of drug-likeness (QED) is 0.510. The first-order valence-electron chi connectivity index (χ1n) is 8.61. The van der Waals surface area contributed by atoms with Crippen molar-refractivity contribution in [2.75, 3.05) is 14.1 Å². The van der Waals surface area contributed by atoms with Gasteiger partial charge in [0.2, 0.25) is 10.0 Å². The van der Waals surface area contributed by atoms with Gasteiger partial charge >= 0.3 is 0 Å². The molecular formula is C17H26N4O3S. The van der Waals surface area contributed by atoms with E-state index in [1.54, 1.807) is 7.05 Å². The molecule has 3 atom stereocenters. The maximum absolute atomic E-state index is 11.6. The lowest BCUT2D eigenvalue weighted by Crippen LogP contribution is -2.47. The van der Waals surface area contributed by atoms with E-state index in [0.717, 1.165) is 29.9 Å². The highest BCUT2D eigenvalue weighted by molar-refractivity contribution is 7.88. The van der Waals surface area contributed by atoms with Crippen molar-refractivity contribution in [3.05, 3.63) is 35.4 Å². The fraction of sp³-hybridized carbons (Fsp3) is 0.588. The maximum Gasteiger partial charge on any atom is 0.215 e. The number of hydrogen-bond acceptors (Lipinski definition) is 4. The molecule has 1 aromatic carbocycles. The molecule has 3 N–H and O–H groups in total. The van der Waals surface area contributed by atoms with Crippen molar-refractivity contribution in [2.45, 2.75) is 49.8 Å². The summed E-state index contributed by atoms with van der Waals surface area (Å²) in [6, 6.07) is 7.87. The zero-order valence-electron chi connectivity index (χ0n) is 14.7. The zero-order chi connectivity index (χ0) is 17.9. The van der Waals surface area contributed by atoms with Gasteiger partial charge in [-0.3, -0.25) is 4.99 Å². The fourth-order valence-electron chi connectivity index (χ4n) is 3.39. The Labute approximate surface area is 149 Å². The first kappa shape index (κ1) is 18.2. The highest BCUT2D eigenvalue weighted by Gasteiger charge is 2.41. The van der Waals surface area contributed by atoms with Crippen LogP contribution in [0.3, 0.4) is 0 Å². The van der Waals surface area contributed by atoms with E-state index in [9.17, 15) is 8.42 Å². The highest BCUT2D eigenvalue weighted by atomic mass is 32.2. The van der Waals surface area contributed by atoms with Crippen molar-refractivity contribution < 1.29 is 13.2 Å². The van der Waals surface area contributed by atoms with E-state index >= 15 is 0 Å². The fourth-order valence-corrected chi connectivity index (χ4v) is 4.17. The van der Waals surface area contributed by atoms with Crippen molar-refractivity contribution in [3.8, 4) is 0 Å². The number of nitrogens with zero attached hydrogens (tertiary/aromatic N) is 1.